The summed E-state index contributed by atoms with van der Waals surface area (Å²) in [6, 6.07) is 10.4. The van der Waals surface area contributed by atoms with Crippen LogP contribution in [-0.4, -0.2) is 4.92 Å². The second-order valence-electron chi connectivity index (χ2n) is 4.09. The van der Waals surface area contributed by atoms with Crippen molar-refractivity contribution in [1.29, 1.82) is 0 Å². The van der Waals surface area contributed by atoms with E-state index in [1.54, 1.807) is 12.1 Å². The lowest BCUT2D eigenvalue weighted by atomic mass is 10.2. The number of nitro groups is 1. The molecule has 0 unspecified atom stereocenters. The number of aryl methyl sites for hydroxylation is 1. The number of benzene rings is 2. The van der Waals surface area contributed by atoms with Gasteiger partial charge in [0.15, 0.2) is 0 Å². The summed E-state index contributed by atoms with van der Waals surface area (Å²) < 4.78 is 0.986. The minimum atomic E-state index is -0.483. The zero-order chi connectivity index (χ0) is 14.0. The van der Waals surface area contributed by atoms with Crippen molar-refractivity contribution in [1.82, 2.24) is 0 Å². The number of hydrogen-bond acceptors (Lipinski definition) is 4. The lowest BCUT2D eigenvalue weighted by molar-refractivity contribution is -0.383. The van der Waals surface area contributed by atoms with Crippen molar-refractivity contribution < 1.29 is 4.92 Å². The van der Waals surface area contributed by atoms with Crippen molar-refractivity contribution >= 4 is 38.7 Å². The van der Waals surface area contributed by atoms with Crippen molar-refractivity contribution in [2.45, 2.75) is 6.92 Å². The van der Waals surface area contributed by atoms with Crippen molar-refractivity contribution in [3.05, 3.63) is 56.5 Å². The van der Waals surface area contributed by atoms with Crippen molar-refractivity contribution in [3.8, 4) is 0 Å². The highest BCUT2D eigenvalue weighted by atomic mass is 79.9. The third-order valence-corrected chi connectivity index (χ3v) is 3.58. The predicted molar refractivity (Wildman–Crippen MR) is 79.7 cm³/mol. The van der Waals surface area contributed by atoms with Crippen LogP contribution in [0.25, 0.3) is 0 Å². The minimum Gasteiger partial charge on any atom is -0.393 e. The number of hydrogen-bond donors (Lipinski definition) is 2. The number of nitrogens with zero attached hydrogens (tertiary/aromatic N) is 1. The van der Waals surface area contributed by atoms with Crippen molar-refractivity contribution in [2.24, 2.45) is 0 Å². The molecule has 0 aliphatic heterocycles. The normalized spacial score (nSPS) is 10.2. The van der Waals surface area contributed by atoms with Gasteiger partial charge in [-0.2, -0.15) is 0 Å². The zero-order valence-corrected chi connectivity index (χ0v) is 11.8. The Morgan fingerprint density at radius 3 is 2.68 bits per heavy atom. The molecule has 6 heteroatoms. The summed E-state index contributed by atoms with van der Waals surface area (Å²) in [4.78, 5) is 10.5. The van der Waals surface area contributed by atoms with Crippen LogP contribution in [0.5, 0.6) is 0 Å². The lowest BCUT2D eigenvalue weighted by Gasteiger charge is -2.09. The smallest absolute Gasteiger partial charge is 0.315 e. The molecule has 0 saturated carbocycles. The number of nitrogen functional groups attached to an aromatic ring is 1. The molecule has 0 spiro atoms. The van der Waals surface area contributed by atoms with Crippen LogP contribution in [0.3, 0.4) is 0 Å². The monoisotopic (exact) mass is 321 g/mol. The highest BCUT2D eigenvalue weighted by molar-refractivity contribution is 9.10. The SMILES string of the molecule is Cc1cc(Nc2cccc(N)c2[N+](=O)[O-])ccc1Br. The van der Waals surface area contributed by atoms with Gasteiger partial charge in [0, 0.05) is 10.2 Å². The molecule has 0 fully saturated rings. The van der Waals surface area contributed by atoms with Crippen LogP contribution in [0.2, 0.25) is 0 Å². The third-order valence-electron chi connectivity index (χ3n) is 2.69. The molecule has 98 valence electrons. The Morgan fingerprint density at radius 2 is 2.05 bits per heavy atom. The summed E-state index contributed by atoms with van der Waals surface area (Å²) in [7, 11) is 0. The standard InChI is InChI=1S/C13H12BrN3O2/c1-8-7-9(5-6-10(8)14)16-12-4-2-3-11(15)13(12)17(18)19/h2-7,16H,15H2,1H3. The first-order chi connectivity index (χ1) is 8.99. The summed E-state index contributed by atoms with van der Waals surface area (Å²) in [5.74, 6) is 0. The van der Waals surface area contributed by atoms with E-state index in [2.05, 4.69) is 21.2 Å². The van der Waals surface area contributed by atoms with E-state index in [4.69, 9.17) is 5.73 Å². The molecule has 2 aromatic carbocycles. The van der Waals surface area contributed by atoms with E-state index < -0.39 is 4.92 Å². The molecule has 0 atom stereocenters. The first-order valence-corrected chi connectivity index (χ1v) is 6.34. The van der Waals surface area contributed by atoms with Crippen LogP contribution in [0, 0.1) is 17.0 Å². The summed E-state index contributed by atoms with van der Waals surface area (Å²) in [6.45, 7) is 1.95. The Kier molecular flexibility index (Phi) is 3.71. The minimum absolute atomic E-state index is 0.108. The highest BCUT2D eigenvalue weighted by Crippen LogP contribution is 2.33. The van der Waals surface area contributed by atoms with Crippen molar-refractivity contribution in [3.63, 3.8) is 0 Å². The van der Waals surface area contributed by atoms with E-state index in [0.29, 0.717) is 5.69 Å². The quantitative estimate of drug-likeness (QED) is 0.508. The van der Waals surface area contributed by atoms with E-state index in [0.717, 1.165) is 15.7 Å². The van der Waals surface area contributed by atoms with Crippen LogP contribution in [0.4, 0.5) is 22.7 Å². The van der Waals surface area contributed by atoms with Crippen LogP contribution >= 0.6 is 15.9 Å². The summed E-state index contributed by atoms with van der Waals surface area (Å²) in [5.41, 5.74) is 7.87. The molecule has 0 aliphatic carbocycles. The van der Waals surface area contributed by atoms with E-state index in [1.807, 2.05) is 25.1 Å². The Morgan fingerprint density at radius 1 is 1.32 bits per heavy atom. The van der Waals surface area contributed by atoms with Gasteiger partial charge in [-0.1, -0.05) is 22.0 Å². The molecule has 0 aromatic heterocycles. The van der Waals surface area contributed by atoms with Gasteiger partial charge in [0.25, 0.3) is 0 Å². The first kappa shape index (κ1) is 13.4. The number of anilines is 3. The number of nitrogens with two attached hydrogens (primary N) is 1. The Bertz CT molecular complexity index is 644. The molecule has 0 heterocycles. The molecule has 0 saturated heterocycles. The maximum absolute atomic E-state index is 11.0. The molecule has 0 bridgehead atoms. The van der Waals surface area contributed by atoms with Crippen LogP contribution in [-0.2, 0) is 0 Å². The molecule has 19 heavy (non-hydrogen) atoms. The molecule has 0 radical (unpaired) electrons. The molecular formula is C13H12BrN3O2. The van der Waals surface area contributed by atoms with Gasteiger partial charge in [0.2, 0.25) is 0 Å². The van der Waals surface area contributed by atoms with Gasteiger partial charge in [0.05, 0.1) is 4.92 Å². The molecule has 0 amide bonds. The Hall–Kier alpha value is -2.08. The zero-order valence-electron chi connectivity index (χ0n) is 10.2. The fourth-order valence-electron chi connectivity index (χ4n) is 1.74. The fraction of sp³-hybridized carbons (Fsp3) is 0.0769. The Labute approximate surface area is 118 Å². The number of para-hydroxylation sites is 1. The number of nitrogens with one attached hydrogen (secondary N) is 1. The van der Waals surface area contributed by atoms with Gasteiger partial charge >= 0.3 is 5.69 Å². The van der Waals surface area contributed by atoms with Gasteiger partial charge in [-0.05, 0) is 42.8 Å². The lowest BCUT2D eigenvalue weighted by Crippen LogP contribution is -2.01. The maximum atomic E-state index is 11.0. The average Bonchev–Trinajstić information content (AvgIpc) is 2.33. The predicted octanol–water partition coefficient (Wildman–Crippen LogP) is 3.99. The van der Waals surface area contributed by atoms with Crippen LogP contribution in [0.1, 0.15) is 5.56 Å². The first-order valence-electron chi connectivity index (χ1n) is 5.55. The topological polar surface area (TPSA) is 81.2 Å². The summed E-state index contributed by atoms with van der Waals surface area (Å²) in [5, 5.41) is 14.1. The number of rotatable bonds is 3. The van der Waals surface area contributed by atoms with Gasteiger partial charge < -0.3 is 11.1 Å². The second kappa shape index (κ2) is 5.27. The average molecular weight is 322 g/mol. The van der Waals surface area contributed by atoms with Crippen molar-refractivity contribution in [2.75, 3.05) is 11.1 Å². The third kappa shape index (κ3) is 2.85. The molecule has 3 N–H and O–H groups in total. The van der Waals surface area contributed by atoms with Gasteiger partial charge in [-0.3, -0.25) is 10.1 Å². The van der Waals surface area contributed by atoms with Gasteiger partial charge in [-0.15, -0.1) is 0 Å². The van der Waals surface area contributed by atoms with E-state index >= 15 is 0 Å². The fourth-order valence-corrected chi connectivity index (χ4v) is 1.99. The Balaban J connectivity index is 2.40. The number of nitro benzene ring substituents is 1. The maximum Gasteiger partial charge on any atom is 0.315 e. The molecule has 5 nitrogen and oxygen atoms in total. The van der Waals surface area contributed by atoms with Crippen LogP contribution < -0.4 is 11.1 Å². The molecule has 2 rings (SSSR count). The van der Waals surface area contributed by atoms with Gasteiger partial charge in [0.1, 0.15) is 11.4 Å². The summed E-state index contributed by atoms with van der Waals surface area (Å²) >= 11 is 3.41. The number of halogens is 1. The van der Waals surface area contributed by atoms with Gasteiger partial charge in [-0.25, -0.2) is 0 Å². The molecular weight excluding hydrogens is 310 g/mol. The molecule has 0 aliphatic rings. The van der Waals surface area contributed by atoms with Crippen LogP contribution in [0.15, 0.2) is 40.9 Å². The molecule has 2 aromatic rings. The second-order valence-corrected chi connectivity index (χ2v) is 4.94. The van der Waals surface area contributed by atoms with E-state index in [1.165, 1.54) is 6.07 Å². The summed E-state index contributed by atoms with van der Waals surface area (Å²) in [6.07, 6.45) is 0. The highest BCUT2D eigenvalue weighted by Gasteiger charge is 2.17. The van der Waals surface area contributed by atoms with E-state index in [-0.39, 0.29) is 11.4 Å². The largest absolute Gasteiger partial charge is 0.393 e. The van der Waals surface area contributed by atoms with E-state index in [9.17, 15) is 10.1 Å².